The van der Waals surface area contributed by atoms with E-state index >= 15 is 0 Å². The molecule has 18 heavy (non-hydrogen) atoms. The van der Waals surface area contributed by atoms with Crippen molar-refractivity contribution < 1.29 is 4.39 Å². The fourth-order valence-corrected chi connectivity index (χ4v) is 2.90. The van der Waals surface area contributed by atoms with Crippen LogP contribution in [0.25, 0.3) is 22.4 Å². The monoisotopic (exact) mass is 261 g/mol. The number of fused-ring (bicyclic) bond motifs is 1. The van der Waals surface area contributed by atoms with Gasteiger partial charge in [-0.3, -0.25) is 0 Å². The lowest BCUT2D eigenvalue weighted by molar-refractivity contribution is 0.629. The summed E-state index contributed by atoms with van der Waals surface area (Å²) in [5, 5.41) is 0.742. The maximum absolute atomic E-state index is 13.2. The fraction of sp³-hybridized carbons (Fsp3) is 0.154. The van der Waals surface area contributed by atoms with Crippen molar-refractivity contribution in [1.82, 2.24) is 9.55 Å². The highest BCUT2D eigenvalue weighted by molar-refractivity contribution is 7.16. The number of benzene rings is 1. The van der Waals surface area contributed by atoms with E-state index in [1.807, 2.05) is 24.6 Å². The molecule has 5 heteroatoms. The number of nitrogens with two attached hydrogens (primary N) is 1. The van der Waals surface area contributed by atoms with E-state index in [0.717, 1.165) is 26.8 Å². The predicted octanol–water partition coefficient (Wildman–Crippen LogP) is 3.33. The topological polar surface area (TPSA) is 43.8 Å². The molecule has 0 bridgehead atoms. The summed E-state index contributed by atoms with van der Waals surface area (Å²) in [5.74, 6) is 0.499. The molecule has 2 heterocycles. The zero-order valence-corrected chi connectivity index (χ0v) is 10.9. The van der Waals surface area contributed by atoms with Crippen LogP contribution in [0.2, 0.25) is 0 Å². The van der Waals surface area contributed by atoms with Crippen molar-refractivity contribution in [3.05, 3.63) is 35.0 Å². The summed E-state index contributed by atoms with van der Waals surface area (Å²) in [6, 6.07) is 6.62. The van der Waals surface area contributed by atoms with E-state index in [1.54, 1.807) is 6.07 Å². The van der Waals surface area contributed by atoms with Crippen molar-refractivity contribution in [2.45, 2.75) is 6.92 Å². The standard InChI is InChI=1S/C13H12FN3S/c1-7-5-9(12(15)18-7)13-16-10-6-8(14)3-4-11(10)17(13)2/h3-6H,15H2,1-2H3. The molecule has 3 nitrogen and oxygen atoms in total. The van der Waals surface area contributed by atoms with Gasteiger partial charge in [-0.2, -0.15) is 0 Å². The van der Waals surface area contributed by atoms with Crippen LogP contribution in [-0.4, -0.2) is 9.55 Å². The first-order chi connectivity index (χ1) is 8.56. The number of anilines is 1. The number of thiophene rings is 1. The Morgan fingerprint density at radius 2 is 2.11 bits per heavy atom. The van der Waals surface area contributed by atoms with E-state index in [2.05, 4.69) is 4.98 Å². The number of nitrogens with zero attached hydrogens (tertiary/aromatic N) is 2. The molecule has 0 aliphatic carbocycles. The predicted molar refractivity (Wildman–Crippen MR) is 73.1 cm³/mol. The Balaban J connectivity index is 2.30. The average molecular weight is 261 g/mol. The second kappa shape index (κ2) is 3.81. The highest BCUT2D eigenvalue weighted by Gasteiger charge is 2.14. The first-order valence-electron chi connectivity index (χ1n) is 5.54. The van der Waals surface area contributed by atoms with E-state index in [9.17, 15) is 4.39 Å². The largest absolute Gasteiger partial charge is 0.390 e. The average Bonchev–Trinajstić information content (AvgIpc) is 2.79. The zero-order chi connectivity index (χ0) is 12.9. The quantitative estimate of drug-likeness (QED) is 0.730. The van der Waals surface area contributed by atoms with Crippen molar-refractivity contribution in [1.29, 1.82) is 0 Å². The van der Waals surface area contributed by atoms with Gasteiger partial charge in [-0.15, -0.1) is 11.3 Å². The Labute approximate surface area is 108 Å². The molecule has 0 fully saturated rings. The highest BCUT2D eigenvalue weighted by atomic mass is 32.1. The first-order valence-corrected chi connectivity index (χ1v) is 6.36. The second-order valence-electron chi connectivity index (χ2n) is 4.26. The third kappa shape index (κ3) is 1.59. The van der Waals surface area contributed by atoms with Crippen LogP contribution in [0.3, 0.4) is 0 Å². The van der Waals surface area contributed by atoms with Crippen molar-refractivity contribution in [3.63, 3.8) is 0 Å². The third-order valence-electron chi connectivity index (χ3n) is 2.97. The molecular weight excluding hydrogens is 249 g/mol. The van der Waals surface area contributed by atoms with Gasteiger partial charge in [-0.25, -0.2) is 9.37 Å². The van der Waals surface area contributed by atoms with Gasteiger partial charge < -0.3 is 10.3 Å². The third-order valence-corrected chi connectivity index (χ3v) is 3.85. The van der Waals surface area contributed by atoms with Crippen LogP contribution < -0.4 is 5.73 Å². The van der Waals surface area contributed by atoms with Crippen LogP contribution >= 0.6 is 11.3 Å². The van der Waals surface area contributed by atoms with Crippen molar-refractivity contribution in [3.8, 4) is 11.4 Å². The molecule has 0 radical (unpaired) electrons. The van der Waals surface area contributed by atoms with Crippen molar-refractivity contribution in [2.24, 2.45) is 7.05 Å². The number of hydrogen-bond acceptors (Lipinski definition) is 3. The zero-order valence-electron chi connectivity index (χ0n) is 10.1. The first kappa shape index (κ1) is 11.2. The summed E-state index contributed by atoms with van der Waals surface area (Å²) in [6.45, 7) is 2.01. The van der Waals surface area contributed by atoms with Gasteiger partial charge in [0.15, 0.2) is 0 Å². The molecule has 0 saturated heterocycles. The van der Waals surface area contributed by atoms with Gasteiger partial charge in [0.05, 0.1) is 21.6 Å². The number of hydrogen-bond donors (Lipinski definition) is 1. The SMILES string of the molecule is Cc1cc(-c2nc3cc(F)ccc3n2C)c(N)s1. The van der Waals surface area contributed by atoms with Gasteiger partial charge in [-0.05, 0) is 25.1 Å². The number of halogens is 1. The minimum Gasteiger partial charge on any atom is -0.390 e. The molecule has 2 N–H and O–H groups in total. The molecule has 2 aromatic heterocycles. The molecule has 0 aliphatic heterocycles. The van der Waals surface area contributed by atoms with Crippen LogP contribution in [0.15, 0.2) is 24.3 Å². The number of aryl methyl sites for hydroxylation is 2. The van der Waals surface area contributed by atoms with E-state index in [-0.39, 0.29) is 5.82 Å². The van der Waals surface area contributed by atoms with E-state index < -0.39 is 0 Å². The molecule has 1 aromatic carbocycles. The molecule has 0 spiro atoms. The maximum Gasteiger partial charge on any atom is 0.143 e. The van der Waals surface area contributed by atoms with Gasteiger partial charge in [0.25, 0.3) is 0 Å². The summed E-state index contributed by atoms with van der Waals surface area (Å²) in [6.07, 6.45) is 0. The minimum atomic E-state index is -0.276. The van der Waals surface area contributed by atoms with Gasteiger partial charge in [0.2, 0.25) is 0 Å². The molecule has 0 saturated carbocycles. The van der Waals surface area contributed by atoms with Gasteiger partial charge in [0, 0.05) is 18.0 Å². The number of rotatable bonds is 1. The molecule has 0 unspecified atom stereocenters. The lowest BCUT2D eigenvalue weighted by Gasteiger charge is -2.00. The Morgan fingerprint density at radius 3 is 2.78 bits per heavy atom. The minimum absolute atomic E-state index is 0.276. The number of aromatic nitrogens is 2. The van der Waals surface area contributed by atoms with Crippen LogP contribution in [0, 0.1) is 12.7 Å². The van der Waals surface area contributed by atoms with E-state index in [4.69, 9.17) is 5.73 Å². The maximum atomic E-state index is 13.2. The second-order valence-corrected chi connectivity index (χ2v) is 5.55. The Bertz CT molecular complexity index is 742. The molecular formula is C13H12FN3S. The van der Waals surface area contributed by atoms with Crippen molar-refractivity contribution in [2.75, 3.05) is 5.73 Å². The van der Waals surface area contributed by atoms with Gasteiger partial charge >= 0.3 is 0 Å². The van der Waals surface area contributed by atoms with Gasteiger partial charge in [0.1, 0.15) is 11.6 Å². The van der Waals surface area contributed by atoms with E-state index in [0.29, 0.717) is 5.52 Å². The molecule has 3 aromatic rings. The van der Waals surface area contributed by atoms with E-state index in [1.165, 1.54) is 23.5 Å². The summed E-state index contributed by atoms with van der Waals surface area (Å²) in [4.78, 5) is 5.61. The van der Waals surface area contributed by atoms with Crippen LogP contribution in [0.5, 0.6) is 0 Å². The highest BCUT2D eigenvalue weighted by Crippen LogP contribution is 2.34. The Hall–Kier alpha value is -1.88. The lowest BCUT2D eigenvalue weighted by Crippen LogP contribution is -1.93. The Kier molecular flexibility index (Phi) is 2.38. The number of nitrogen functional groups attached to an aromatic ring is 1. The normalized spacial score (nSPS) is 11.3. The lowest BCUT2D eigenvalue weighted by atomic mass is 10.3. The smallest absolute Gasteiger partial charge is 0.143 e. The van der Waals surface area contributed by atoms with Crippen LogP contribution in [0.4, 0.5) is 9.39 Å². The summed E-state index contributed by atoms with van der Waals surface area (Å²) in [7, 11) is 1.91. The molecule has 0 amide bonds. The van der Waals surface area contributed by atoms with Gasteiger partial charge in [-0.1, -0.05) is 0 Å². The molecule has 0 atom stereocenters. The molecule has 3 rings (SSSR count). The summed E-state index contributed by atoms with van der Waals surface area (Å²) in [5.41, 5.74) is 8.45. The fourth-order valence-electron chi connectivity index (χ4n) is 2.12. The van der Waals surface area contributed by atoms with Crippen LogP contribution in [0.1, 0.15) is 4.88 Å². The summed E-state index contributed by atoms with van der Waals surface area (Å²) >= 11 is 1.54. The number of imidazole rings is 1. The molecule has 0 aliphatic rings. The van der Waals surface area contributed by atoms with Crippen molar-refractivity contribution >= 4 is 27.4 Å². The summed E-state index contributed by atoms with van der Waals surface area (Å²) < 4.78 is 15.1. The van der Waals surface area contributed by atoms with Crippen LogP contribution in [-0.2, 0) is 7.05 Å². The Morgan fingerprint density at radius 1 is 1.33 bits per heavy atom. The molecule has 92 valence electrons.